The van der Waals surface area contributed by atoms with E-state index in [0.29, 0.717) is 41.9 Å². The Balaban J connectivity index is 1.21. The number of benzene rings is 1. The minimum Gasteiger partial charge on any atom is -0.481 e. The van der Waals surface area contributed by atoms with Crippen LogP contribution in [0.25, 0.3) is 11.4 Å². The Morgan fingerprint density at radius 2 is 1.66 bits per heavy atom. The smallest absolute Gasteiger partial charge is 0.309 e. The zero-order valence-electron chi connectivity index (χ0n) is 37.7. The molecule has 0 spiro atoms. The standard InChI is InChI=1S/C49H69N5O5/c1-30(2)40-34(55)26-49(27-38-51-52-42(54(38)25-24-53(10)11)32-14-12-31(29-50)13-15-32)23-22-47(8)33(41(40)49)16-17-36-46(7)20-19-37(59-39(56)28-44(3,4)43(57)58)45(5,6)35(46)18-21-48(36,47)9/h12-15,30,33,35-37H,16-28H2,1-11H3,(H,57,58)/t33-,35+,36-,37+,46+,47-,48-,49+/m1/s1. The predicted octanol–water partition coefficient (Wildman–Crippen LogP) is 9.31. The Kier molecular flexibility index (Phi) is 11.0. The molecule has 10 heteroatoms. The van der Waals surface area contributed by atoms with Crippen LogP contribution in [0, 0.1) is 67.5 Å². The van der Waals surface area contributed by atoms with Gasteiger partial charge in [0.25, 0.3) is 0 Å². The Bertz CT molecular complexity index is 2070. The fraction of sp³-hybridized carbons (Fsp3) is 0.714. The molecule has 1 heterocycles. The SMILES string of the molecule is CC(C)C1=C2[C@H]3CC[C@@H]4[C@@]5(C)CC[C@H](OC(=O)CC(C)(C)C(=O)O)C(C)(C)[C@@H]5CC[C@@]4(C)[C@]3(C)CC[C@@]2(Cc2nnc(-c3ccc(C#N)cc3)n2CCN(C)C)CC1=O. The lowest BCUT2D eigenvalue weighted by Gasteiger charge is -2.72. The first-order chi connectivity index (χ1) is 27.5. The molecule has 59 heavy (non-hydrogen) atoms. The highest BCUT2D eigenvalue weighted by Crippen LogP contribution is 2.77. The molecular weight excluding hydrogens is 739 g/mol. The molecule has 8 atom stereocenters. The number of carbonyl (C=O) groups excluding carboxylic acids is 2. The van der Waals surface area contributed by atoms with Gasteiger partial charge in [0.15, 0.2) is 11.6 Å². The lowest BCUT2D eigenvalue weighted by molar-refractivity contribution is -0.233. The van der Waals surface area contributed by atoms with E-state index in [4.69, 9.17) is 14.9 Å². The van der Waals surface area contributed by atoms with Crippen LogP contribution < -0.4 is 0 Å². The monoisotopic (exact) mass is 808 g/mol. The van der Waals surface area contributed by atoms with Gasteiger partial charge in [-0.05, 0) is 149 Å². The maximum absolute atomic E-state index is 14.4. The van der Waals surface area contributed by atoms with Gasteiger partial charge in [-0.3, -0.25) is 14.4 Å². The van der Waals surface area contributed by atoms with Crippen LogP contribution in [0.15, 0.2) is 35.4 Å². The topological polar surface area (TPSA) is 138 Å². The fourth-order valence-electron chi connectivity index (χ4n) is 14.0. The first-order valence-electron chi connectivity index (χ1n) is 22.3. The van der Waals surface area contributed by atoms with E-state index in [1.807, 2.05) is 24.3 Å². The number of ether oxygens (including phenoxy) is 1. The van der Waals surface area contributed by atoms with E-state index in [0.717, 1.165) is 87.2 Å². The van der Waals surface area contributed by atoms with E-state index in [1.165, 1.54) is 5.57 Å². The lowest BCUT2D eigenvalue weighted by atomic mass is 9.33. The maximum Gasteiger partial charge on any atom is 0.309 e. The van der Waals surface area contributed by atoms with Crippen LogP contribution in [0.5, 0.6) is 0 Å². The number of aromatic nitrogens is 3. The van der Waals surface area contributed by atoms with Crippen molar-refractivity contribution in [2.24, 2.45) is 56.2 Å². The second kappa shape index (κ2) is 15.0. The van der Waals surface area contributed by atoms with Crippen LogP contribution in [-0.2, 0) is 32.1 Å². The number of esters is 1. The third-order valence-corrected chi connectivity index (χ3v) is 17.3. The minimum atomic E-state index is -1.17. The number of aliphatic carboxylic acids is 1. The summed E-state index contributed by atoms with van der Waals surface area (Å²) in [5.74, 6) is 1.95. The van der Waals surface area contributed by atoms with Crippen LogP contribution >= 0.6 is 0 Å². The van der Waals surface area contributed by atoms with Crippen LogP contribution in [-0.4, -0.2) is 69.2 Å². The molecule has 320 valence electrons. The number of rotatable bonds is 11. The highest BCUT2D eigenvalue weighted by atomic mass is 16.5. The number of nitrogens with zero attached hydrogens (tertiary/aromatic N) is 5. The second-order valence-electron chi connectivity index (χ2n) is 21.9. The quantitative estimate of drug-likeness (QED) is 0.220. The number of carboxylic acids is 1. The molecule has 4 fully saturated rings. The number of nitriles is 1. The Morgan fingerprint density at radius 1 is 0.966 bits per heavy atom. The third kappa shape index (κ3) is 6.90. The molecule has 1 aromatic carbocycles. The third-order valence-electron chi connectivity index (χ3n) is 17.3. The molecule has 0 unspecified atom stereocenters. The number of fused-ring (bicyclic) bond motifs is 7. The highest BCUT2D eigenvalue weighted by molar-refractivity contribution is 6.00. The molecule has 0 aliphatic heterocycles. The van der Waals surface area contributed by atoms with Gasteiger partial charge in [0.2, 0.25) is 0 Å². The van der Waals surface area contributed by atoms with Crippen molar-refractivity contribution in [3.8, 4) is 17.5 Å². The van der Waals surface area contributed by atoms with Crippen LogP contribution in [0.1, 0.15) is 138 Å². The van der Waals surface area contributed by atoms with Crippen molar-refractivity contribution < 1.29 is 24.2 Å². The molecule has 1 N–H and O–H groups in total. The first kappa shape index (κ1) is 43.3. The number of Topliss-reactive ketones (excluding diaryl/α,β-unsaturated/α-hetero) is 1. The first-order valence-corrected chi connectivity index (χ1v) is 22.3. The van der Waals surface area contributed by atoms with E-state index in [2.05, 4.69) is 78.1 Å². The summed E-state index contributed by atoms with van der Waals surface area (Å²) < 4.78 is 8.48. The molecule has 5 aliphatic carbocycles. The molecule has 10 nitrogen and oxygen atoms in total. The normalized spacial score (nSPS) is 33.9. The van der Waals surface area contributed by atoms with Crippen LogP contribution in [0.3, 0.4) is 0 Å². The van der Waals surface area contributed by atoms with E-state index in [-0.39, 0.29) is 45.5 Å². The van der Waals surface area contributed by atoms with Gasteiger partial charge in [-0.2, -0.15) is 5.26 Å². The van der Waals surface area contributed by atoms with Crippen LogP contribution in [0.2, 0.25) is 0 Å². The molecule has 2 aromatic rings. The van der Waals surface area contributed by atoms with Crippen molar-refractivity contribution in [3.05, 3.63) is 46.8 Å². The largest absolute Gasteiger partial charge is 0.481 e. The minimum absolute atomic E-state index is 0.00953. The number of allylic oxidation sites excluding steroid dienone is 2. The summed E-state index contributed by atoms with van der Waals surface area (Å²) in [5, 5.41) is 28.8. The summed E-state index contributed by atoms with van der Waals surface area (Å²) in [5.41, 5.74) is 2.47. The molecule has 4 saturated carbocycles. The van der Waals surface area contributed by atoms with Gasteiger partial charge in [0, 0.05) is 42.3 Å². The number of hydrogen-bond acceptors (Lipinski definition) is 8. The molecule has 0 radical (unpaired) electrons. The lowest BCUT2D eigenvalue weighted by Crippen LogP contribution is -2.65. The Morgan fingerprint density at radius 3 is 2.29 bits per heavy atom. The van der Waals surface area contributed by atoms with E-state index in [9.17, 15) is 24.8 Å². The fourth-order valence-corrected chi connectivity index (χ4v) is 14.0. The van der Waals surface area contributed by atoms with Gasteiger partial charge in [-0.1, -0.05) is 54.0 Å². The molecule has 1 aromatic heterocycles. The second-order valence-corrected chi connectivity index (χ2v) is 21.9. The summed E-state index contributed by atoms with van der Waals surface area (Å²) in [7, 11) is 4.16. The Labute approximate surface area is 352 Å². The number of carbonyl (C=O) groups is 3. The molecular formula is C49H69N5O5. The molecule has 0 amide bonds. The van der Waals surface area contributed by atoms with Crippen molar-refractivity contribution in [2.45, 2.75) is 146 Å². The molecule has 7 rings (SSSR count). The Hall–Kier alpha value is -3.84. The summed E-state index contributed by atoms with van der Waals surface area (Å²) in [6.45, 7) is 21.4. The summed E-state index contributed by atoms with van der Waals surface area (Å²) in [4.78, 5) is 41.6. The molecule has 0 bridgehead atoms. The molecule has 0 saturated heterocycles. The zero-order chi connectivity index (χ0) is 43.1. The van der Waals surface area contributed by atoms with Gasteiger partial charge in [-0.25, -0.2) is 0 Å². The van der Waals surface area contributed by atoms with E-state index in [1.54, 1.807) is 13.8 Å². The van der Waals surface area contributed by atoms with Gasteiger partial charge in [0.1, 0.15) is 11.9 Å². The average molecular weight is 808 g/mol. The number of likely N-dealkylation sites (N-methyl/N-ethyl adjacent to an activating group) is 1. The highest BCUT2D eigenvalue weighted by Gasteiger charge is 2.70. The van der Waals surface area contributed by atoms with Gasteiger partial charge >= 0.3 is 11.9 Å². The van der Waals surface area contributed by atoms with Gasteiger partial charge in [0.05, 0.1) is 23.5 Å². The maximum atomic E-state index is 14.4. The van der Waals surface area contributed by atoms with Crippen molar-refractivity contribution in [1.82, 2.24) is 19.7 Å². The predicted molar refractivity (Wildman–Crippen MR) is 228 cm³/mol. The van der Waals surface area contributed by atoms with Crippen molar-refractivity contribution >= 4 is 17.7 Å². The molecule has 5 aliphatic rings. The van der Waals surface area contributed by atoms with Crippen molar-refractivity contribution in [2.75, 3.05) is 20.6 Å². The number of ketones is 1. The number of carboxylic acid groups (broad SMARTS) is 1. The van der Waals surface area contributed by atoms with E-state index >= 15 is 0 Å². The zero-order valence-corrected chi connectivity index (χ0v) is 37.7. The number of hydrogen-bond donors (Lipinski definition) is 1. The van der Waals surface area contributed by atoms with E-state index < -0.39 is 17.4 Å². The van der Waals surface area contributed by atoms with Crippen molar-refractivity contribution in [3.63, 3.8) is 0 Å². The summed E-state index contributed by atoms with van der Waals surface area (Å²) in [6, 6.07) is 9.82. The van der Waals surface area contributed by atoms with Gasteiger partial charge in [-0.15, -0.1) is 10.2 Å². The average Bonchev–Trinajstić information content (AvgIpc) is 3.69. The van der Waals surface area contributed by atoms with Gasteiger partial charge < -0.3 is 19.3 Å². The summed E-state index contributed by atoms with van der Waals surface area (Å²) in [6.07, 6.45) is 8.93. The van der Waals surface area contributed by atoms with Crippen LogP contribution in [0.4, 0.5) is 0 Å². The summed E-state index contributed by atoms with van der Waals surface area (Å²) >= 11 is 0. The van der Waals surface area contributed by atoms with Crippen molar-refractivity contribution in [1.29, 1.82) is 5.26 Å².